The maximum atomic E-state index is 13.6. The Kier molecular flexibility index (Phi) is 4.85. The zero-order valence-corrected chi connectivity index (χ0v) is 13.1. The van der Waals surface area contributed by atoms with Crippen molar-refractivity contribution in [3.8, 4) is 5.75 Å². The highest BCUT2D eigenvalue weighted by Gasteiger charge is 2.28. The molecule has 1 aromatic rings. The fourth-order valence-corrected chi connectivity index (χ4v) is 3.58. The molecule has 0 aromatic heterocycles. The van der Waals surface area contributed by atoms with Gasteiger partial charge in [0.25, 0.3) is 0 Å². The molecule has 1 aromatic carbocycles. The van der Waals surface area contributed by atoms with Gasteiger partial charge in [-0.05, 0) is 49.5 Å². The Morgan fingerprint density at radius 3 is 2.62 bits per heavy atom. The molecule has 1 aliphatic rings. The number of sulfonamides is 1. The summed E-state index contributed by atoms with van der Waals surface area (Å²) in [4.78, 5) is -0.0849. The second-order valence-corrected chi connectivity index (χ2v) is 7.45. The third-order valence-electron chi connectivity index (χ3n) is 3.93. The monoisotopic (exact) mass is 316 g/mol. The van der Waals surface area contributed by atoms with E-state index in [2.05, 4.69) is 17.0 Å². The van der Waals surface area contributed by atoms with Crippen molar-refractivity contribution in [2.24, 2.45) is 5.41 Å². The summed E-state index contributed by atoms with van der Waals surface area (Å²) in [6, 6.07) is 3.64. The lowest BCUT2D eigenvalue weighted by Gasteiger charge is -2.34. The van der Waals surface area contributed by atoms with Gasteiger partial charge in [-0.1, -0.05) is 6.92 Å². The number of benzene rings is 1. The van der Waals surface area contributed by atoms with E-state index in [1.165, 1.54) is 19.2 Å². The number of nitrogens with one attached hydrogen (secondary N) is 2. The van der Waals surface area contributed by atoms with E-state index in [9.17, 15) is 12.8 Å². The first-order chi connectivity index (χ1) is 9.86. The van der Waals surface area contributed by atoms with Crippen molar-refractivity contribution in [1.29, 1.82) is 0 Å². The minimum Gasteiger partial charge on any atom is -0.494 e. The van der Waals surface area contributed by atoms with Crippen LogP contribution in [0.2, 0.25) is 0 Å². The number of hydrogen-bond donors (Lipinski definition) is 2. The summed E-state index contributed by atoms with van der Waals surface area (Å²) in [6.07, 6.45) is 1.82. The van der Waals surface area contributed by atoms with Crippen LogP contribution >= 0.6 is 0 Å². The highest BCUT2D eigenvalue weighted by atomic mass is 32.2. The third kappa shape index (κ3) is 3.93. The summed E-state index contributed by atoms with van der Waals surface area (Å²) in [5.41, 5.74) is -0.0661. The van der Waals surface area contributed by atoms with Crippen LogP contribution in [0.25, 0.3) is 0 Å². The number of piperidine rings is 1. The maximum Gasteiger partial charge on any atom is 0.240 e. The lowest BCUT2D eigenvalue weighted by atomic mass is 9.81. The predicted octanol–water partition coefficient (Wildman–Crippen LogP) is 1.50. The summed E-state index contributed by atoms with van der Waals surface area (Å²) in [6.45, 7) is 4.18. The molecule has 118 valence electrons. The van der Waals surface area contributed by atoms with Gasteiger partial charge < -0.3 is 10.1 Å². The normalized spacial score (nSPS) is 18.4. The second kappa shape index (κ2) is 6.29. The van der Waals surface area contributed by atoms with Gasteiger partial charge in [0.1, 0.15) is 0 Å². The van der Waals surface area contributed by atoms with Gasteiger partial charge in [0.05, 0.1) is 12.0 Å². The van der Waals surface area contributed by atoms with Crippen LogP contribution in [0, 0.1) is 11.2 Å². The van der Waals surface area contributed by atoms with E-state index >= 15 is 0 Å². The standard InChI is InChI=1S/C14H21FN2O3S/c1-14(5-7-16-8-6-14)10-17-21(18,19)11-3-4-13(20-2)12(15)9-11/h3-4,9,16-17H,5-8,10H2,1-2H3. The first-order valence-electron chi connectivity index (χ1n) is 6.90. The molecule has 1 heterocycles. The summed E-state index contributed by atoms with van der Waals surface area (Å²) >= 11 is 0. The van der Waals surface area contributed by atoms with Gasteiger partial charge in [0.2, 0.25) is 10.0 Å². The maximum absolute atomic E-state index is 13.6. The molecule has 0 radical (unpaired) electrons. The van der Waals surface area contributed by atoms with Crippen LogP contribution in [0.3, 0.4) is 0 Å². The topological polar surface area (TPSA) is 67.4 Å². The highest BCUT2D eigenvalue weighted by molar-refractivity contribution is 7.89. The highest BCUT2D eigenvalue weighted by Crippen LogP contribution is 2.27. The quantitative estimate of drug-likeness (QED) is 0.864. The average Bonchev–Trinajstić information content (AvgIpc) is 2.46. The fraction of sp³-hybridized carbons (Fsp3) is 0.571. The molecule has 0 spiro atoms. The third-order valence-corrected chi connectivity index (χ3v) is 5.33. The first kappa shape index (κ1) is 16.2. The van der Waals surface area contributed by atoms with E-state index in [-0.39, 0.29) is 16.1 Å². The molecular weight excluding hydrogens is 295 g/mol. The molecule has 1 aliphatic heterocycles. The molecule has 1 saturated heterocycles. The molecule has 0 unspecified atom stereocenters. The van der Waals surface area contributed by atoms with Crippen LogP contribution in [0.4, 0.5) is 4.39 Å². The fourth-order valence-electron chi connectivity index (χ4n) is 2.37. The van der Waals surface area contributed by atoms with E-state index in [1.54, 1.807) is 0 Å². The van der Waals surface area contributed by atoms with Crippen LogP contribution in [0.15, 0.2) is 23.1 Å². The summed E-state index contributed by atoms with van der Waals surface area (Å²) in [7, 11) is -2.38. The van der Waals surface area contributed by atoms with E-state index in [1.807, 2.05) is 0 Å². The number of halogens is 1. The van der Waals surface area contributed by atoms with Crippen molar-refractivity contribution < 1.29 is 17.5 Å². The van der Waals surface area contributed by atoms with Gasteiger partial charge in [0.15, 0.2) is 11.6 Å². The lowest BCUT2D eigenvalue weighted by molar-refractivity contribution is 0.232. The van der Waals surface area contributed by atoms with E-state index in [0.717, 1.165) is 32.0 Å². The zero-order chi connectivity index (χ0) is 15.5. The summed E-state index contributed by atoms with van der Waals surface area (Å²) in [5, 5.41) is 3.25. The average molecular weight is 316 g/mol. The summed E-state index contributed by atoms with van der Waals surface area (Å²) < 4.78 is 45.5. The van der Waals surface area contributed by atoms with Gasteiger partial charge in [-0.3, -0.25) is 0 Å². The van der Waals surface area contributed by atoms with Crippen LogP contribution in [-0.4, -0.2) is 35.2 Å². The molecule has 1 fully saturated rings. The molecule has 2 rings (SSSR count). The number of hydrogen-bond acceptors (Lipinski definition) is 4. The Morgan fingerprint density at radius 1 is 1.38 bits per heavy atom. The molecule has 0 bridgehead atoms. The Hall–Kier alpha value is -1.18. The van der Waals surface area contributed by atoms with Gasteiger partial charge in [0, 0.05) is 6.54 Å². The van der Waals surface area contributed by atoms with Crippen LogP contribution in [0.1, 0.15) is 19.8 Å². The Bertz CT molecular complexity index is 598. The lowest BCUT2D eigenvalue weighted by Crippen LogP contribution is -2.42. The molecule has 5 nitrogen and oxygen atoms in total. The number of rotatable bonds is 5. The van der Waals surface area contributed by atoms with Gasteiger partial charge >= 0.3 is 0 Å². The Morgan fingerprint density at radius 2 is 2.05 bits per heavy atom. The minimum absolute atomic E-state index is 0.0271. The van der Waals surface area contributed by atoms with Crippen molar-refractivity contribution in [3.63, 3.8) is 0 Å². The van der Waals surface area contributed by atoms with E-state index in [0.29, 0.717) is 6.54 Å². The molecular formula is C14H21FN2O3S. The van der Waals surface area contributed by atoms with Crippen molar-refractivity contribution in [1.82, 2.24) is 10.0 Å². The minimum atomic E-state index is -3.71. The summed E-state index contributed by atoms with van der Waals surface area (Å²) in [5.74, 6) is -0.660. The largest absolute Gasteiger partial charge is 0.494 e. The molecule has 0 aliphatic carbocycles. The smallest absolute Gasteiger partial charge is 0.240 e. The first-order valence-corrected chi connectivity index (χ1v) is 8.39. The SMILES string of the molecule is COc1ccc(S(=O)(=O)NCC2(C)CCNCC2)cc1F. The molecule has 0 atom stereocenters. The number of methoxy groups -OCH3 is 1. The van der Waals surface area contributed by atoms with E-state index in [4.69, 9.17) is 4.74 Å². The molecule has 7 heteroatoms. The van der Waals surface area contributed by atoms with Crippen molar-refractivity contribution in [2.75, 3.05) is 26.7 Å². The molecule has 0 amide bonds. The second-order valence-electron chi connectivity index (χ2n) is 5.68. The molecule has 2 N–H and O–H groups in total. The van der Waals surface area contributed by atoms with Crippen molar-refractivity contribution >= 4 is 10.0 Å². The number of ether oxygens (including phenoxy) is 1. The van der Waals surface area contributed by atoms with Crippen LogP contribution in [0.5, 0.6) is 5.75 Å². The zero-order valence-electron chi connectivity index (χ0n) is 12.3. The van der Waals surface area contributed by atoms with Gasteiger partial charge in [-0.15, -0.1) is 0 Å². The van der Waals surface area contributed by atoms with Crippen molar-refractivity contribution in [3.05, 3.63) is 24.0 Å². The predicted molar refractivity (Wildman–Crippen MR) is 78.4 cm³/mol. The molecule has 0 saturated carbocycles. The van der Waals surface area contributed by atoms with E-state index < -0.39 is 15.8 Å². The molecule has 21 heavy (non-hydrogen) atoms. The Balaban J connectivity index is 2.09. The van der Waals surface area contributed by atoms with Crippen LogP contribution in [-0.2, 0) is 10.0 Å². The van der Waals surface area contributed by atoms with Crippen LogP contribution < -0.4 is 14.8 Å². The Labute approximate surface area is 124 Å². The van der Waals surface area contributed by atoms with Gasteiger partial charge in [-0.25, -0.2) is 17.5 Å². The van der Waals surface area contributed by atoms with Crippen molar-refractivity contribution in [2.45, 2.75) is 24.7 Å². The van der Waals surface area contributed by atoms with Gasteiger partial charge in [-0.2, -0.15) is 0 Å².